The van der Waals surface area contributed by atoms with E-state index in [1.165, 1.54) is 0 Å². The van der Waals surface area contributed by atoms with Gasteiger partial charge in [0.1, 0.15) is 0 Å². The van der Waals surface area contributed by atoms with Crippen molar-refractivity contribution in [2.24, 2.45) is 0 Å². The van der Waals surface area contributed by atoms with Crippen LogP contribution in [0.4, 0.5) is 0 Å². The summed E-state index contributed by atoms with van der Waals surface area (Å²) in [5, 5.41) is 0. The molecule has 0 aliphatic carbocycles. The Morgan fingerprint density at radius 1 is 1.71 bits per heavy atom. The van der Waals surface area contributed by atoms with Gasteiger partial charge in [0.05, 0.1) is 12.7 Å². The van der Waals surface area contributed by atoms with Gasteiger partial charge in [0.2, 0.25) is 0 Å². The van der Waals surface area contributed by atoms with Gasteiger partial charge in [-0.25, -0.2) is 0 Å². The van der Waals surface area contributed by atoms with Crippen LogP contribution < -0.4 is 0 Å². The molecule has 1 rings (SSSR count). The Morgan fingerprint density at radius 3 is 1.86 bits per heavy atom. The molecule has 1 nitrogen and oxygen atoms in total. The van der Waals surface area contributed by atoms with Gasteiger partial charge in [0, 0.05) is 0 Å². The van der Waals surface area contributed by atoms with Gasteiger partial charge in [0.25, 0.3) is 0 Å². The van der Waals surface area contributed by atoms with Gasteiger partial charge in [-0.3, -0.25) is 0 Å². The molecule has 0 aromatic rings. The fourth-order valence-electron chi connectivity index (χ4n) is 0.0962. The first kappa shape index (κ1) is 8.16. The number of hydrogen-bond donors (Lipinski definition) is 0. The minimum absolute atomic E-state index is 0.583. The van der Waals surface area contributed by atoms with Crippen LogP contribution in [-0.4, -0.2) is 12.7 Å². The quantitative estimate of drug-likeness (QED) is 0.423. The molecule has 0 radical (unpaired) electrons. The molecule has 40 valence electrons. The molecular weight excluding hydrogens is 188 g/mol. The first-order chi connectivity index (χ1) is 3.31. The maximum absolute atomic E-state index is 4.95. The normalized spacial score (nSPS) is 24.1. The molecule has 1 unspecified atom stereocenters. The summed E-state index contributed by atoms with van der Waals surface area (Å²) in [6, 6.07) is 0. The summed E-state index contributed by atoms with van der Waals surface area (Å²) >= 11 is -0.931. The van der Waals surface area contributed by atoms with Crippen molar-refractivity contribution in [1.82, 2.24) is 0 Å². The maximum atomic E-state index is 4.95. The molecule has 0 aromatic carbocycles. The zero-order valence-electron chi connectivity index (χ0n) is 4.16. The summed E-state index contributed by atoms with van der Waals surface area (Å²) in [6.45, 7) is 3.04. The van der Waals surface area contributed by atoms with Crippen LogP contribution in [0.1, 0.15) is 6.92 Å². The second kappa shape index (κ2) is 5.30. The van der Waals surface area contributed by atoms with E-state index in [1.54, 1.807) is 0 Å². The van der Waals surface area contributed by atoms with Crippen molar-refractivity contribution in [3.8, 4) is 0 Å². The molecule has 0 bridgehead atoms. The van der Waals surface area contributed by atoms with E-state index in [0.717, 1.165) is 6.61 Å². The molecule has 0 amide bonds. The molecule has 1 heterocycles. The SMILES string of the molecule is CC1CO1.[Cl][Zn][Cl]. The van der Waals surface area contributed by atoms with Gasteiger partial charge in [-0.15, -0.1) is 0 Å². The number of hydrogen-bond acceptors (Lipinski definition) is 1. The van der Waals surface area contributed by atoms with Crippen LogP contribution in [-0.2, 0) is 19.9 Å². The van der Waals surface area contributed by atoms with Crippen LogP contribution in [0.15, 0.2) is 0 Å². The molecule has 1 aliphatic heterocycles. The third-order valence-electron chi connectivity index (χ3n) is 0.500. The van der Waals surface area contributed by atoms with Gasteiger partial charge < -0.3 is 4.74 Å². The molecule has 4 heteroatoms. The summed E-state index contributed by atoms with van der Waals surface area (Å²) in [5.41, 5.74) is 0. The molecular formula is C3H6Cl2OZn. The predicted octanol–water partition coefficient (Wildman–Crippen LogP) is 1.78. The summed E-state index contributed by atoms with van der Waals surface area (Å²) < 4.78 is 4.71. The predicted molar refractivity (Wildman–Crippen MR) is 27.1 cm³/mol. The van der Waals surface area contributed by atoms with Crippen molar-refractivity contribution in [1.29, 1.82) is 0 Å². The summed E-state index contributed by atoms with van der Waals surface area (Å²) in [4.78, 5) is 0. The van der Waals surface area contributed by atoms with Crippen LogP contribution in [0.2, 0.25) is 0 Å². The number of epoxide rings is 1. The van der Waals surface area contributed by atoms with E-state index in [4.69, 9.17) is 24.1 Å². The average molecular weight is 194 g/mol. The summed E-state index contributed by atoms with van der Waals surface area (Å²) in [7, 11) is 9.90. The van der Waals surface area contributed by atoms with Crippen LogP contribution in [0, 0.1) is 0 Å². The molecule has 0 aromatic heterocycles. The number of halogens is 2. The van der Waals surface area contributed by atoms with Crippen LogP contribution in [0.3, 0.4) is 0 Å². The zero-order chi connectivity index (χ0) is 5.70. The molecule has 1 saturated heterocycles. The Kier molecular flexibility index (Phi) is 6.18. The summed E-state index contributed by atoms with van der Waals surface area (Å²) in [6.07, 6.45) is 0.583. The monoisotopic (exact) mass is 192 g/mol. The Labute approximate surface area is 59.0 Å². The van der Waals surface area contributed by atoms with Gasteiger partial charge in [-0.1, -0.05) is 0 Å². The van der Waals surface area contributed by atoms with Crippen LogP contribution in [0.5, 0.6) is 0 Å². The second-order valence-electron chi connectivity index (χ2n) is 1.24. The topological polar surface area (TPSA) is 12.5 Å². The van der Waals surface area contributed by atoms with Gasteiger partial charge in [-0.05, 0) is 6.92 Å². The Balaban J connectivity index is 0.000000110. The van der Waals surface area contributed by atoms with E-state index in [0.29, 0.717) is 6.10 Å². The Hall–Kier alpha value is 1.16. The van der Waals surface area contributed by atoms with Crippen molar-refractivity contribution in [2.75, 3.05) is 6.61 Å². The zero-order valence-corrected chi connectivity index (χ0v) is 8.63. The molecule has 1 atom stereocenters. The van der Waals surface area contributed by atoms with Crippen molar-refractivity contribution >= 4 is 19.4 Å². The third kappa shape index (κ3) is 11.0. The number of rotatable bonds is 0. The van der Waals surface area contributed by atoms with E-state index >= 15 is 0 Å². The number of ether oxygens (including phenoxy) is 1. The Morgan fingerprint density at radius 2 is 1.86 bits per heavy atom. The van der Waals surface area contributed by atoms with Crippen LogP contribution >= 0.6 is 19.4 Å². The minimum atomic E-state index is -0.931. The van der Waals surface area contributed by atoms with Crippen molar-refractivity contribution in [2.45, 2.75) is 13.0 Å². The van der Waals surface area contributed by atoms with Crippen LogP contribution in [0.25, 0.3) is 0 Å². The average Bonchev–Trinajstić information content (AvgIpc) is 2.25. The Bertz CT molecular complexity index is 39.9. The standard InChI is InChI=1S/C3H6O.2ClH.Zn/c1-3-2-4-3;;;/h3H,2H2,1H3;2*1H;/q;;;+2/p-2. The fourth-order valence-corrected chi connectivity index (χ4v) is 0.0962. The molecule has 1 aliphatic rings. The molecule has 1 fully saturated rings. The first-order valence-electron chi connectivity index (χ1n) is 2.04. The first-order valence-corrected chi connectivity index (χ1v) is 9.84. The van der Waals surface area contributed by atoms with Crippen molar-refractivity contribution in [3.63, 3.8) is 0 Å². The second-order valence-corrected chi connectivity index (χ2v) is 5.87. The van der Waals surface area contributed by atoms with Gasteiger partial charge >= 0.3 is 34.5 Å². The summed E-state index contributed by atoms with van der Waals surface area (Å²) in [5.74, 6) is 0. The molecule has 0 N–H and O–H groups in total. The van der Waals surface area contributed by atoms with E-state index in [-0.39, 0.29) is 0 Å². The van der Waals surface area contributed by atoms with E-state index in [9.17, 15) is 0 Å². The molecule has 0 saturated carbocycles. The van der Waals surface area contributed by atoms with Crippen molar-refractivity contribution < 1.29 is 19.9 Å². The van der Waals surface area contributed by atoms with Crippen molar-refractivity contribution in [3.05, 3.63) is 0 Å². The van der Waals surface area contributed by atoms with E-state index < -0.39 is 15.1 Å². The van der Waals surface area contributed by atoms with Gasteiger partial charge in [0.15, 0.2) is 0 Å². The molecule has 7 heavy (non-hydrogen) atoms. The fraction of sp³-hybridized carbons (Fsp3) is 1.00. The molecule has 0 spiro atoms. The third-order valence-corrected chi connectivity index (χ3v) is 0.500. The van der Waals surface area contributed by atoms with E-state index in [2.05, 4.69) is 6.92 Å². The van der Waals surface area contributed by atoms with E-state index in [1.807, 2.05) is 0 Å². The van der Waals surface area contributed by atoms with Gasteiger partial charge in [-0.2, -0.15) is 0 Å².